The molecule has 0 spiro atoms. The van der Waals surface area contributed by atoms with E-state index in [-0.39, 0.29) is 10.9 Å². The van der Waals surface area contributed by atoms with E-state index in [0.717, 1.165) is 16.9 Å². The first-order valence-corrected chi connectivity index (χ1v) is 8.52. The van der Waals surface area contributed by atoms with Crippen molar-refractivity contribution >= 4 is 26.5 Å². The predicted molar refractivity (Wildman–Crippen MR) is 78.1 cm³/mol. The van der Waals surface area contributed by atoms with Gasteiger partial charge in [-0.3, -0.25) is 9.71 Å². The van der Waals surface area contributed by atoms with Crippen molar-refractivity contribution in [1.82, 2.24) is 9.97 Å². The van der Waals surface area contributed by atoms with E-state index in [1.807, 2.05) is 0 Å². The second kappa shape index (κ2) is 6.29. The molecule has 0 fully saturated rings. The second-order valence-corrected chi connectivity index (χ2v) is 6.98. The summed E-state index contributed by atoms with van der Waals surface area (Å²) in [6.07, 6.45) is 2.96. The molecule has 0 aromatic carbocycles. The van der Waals surface area contributed by atoms with E-state index >= 15 is 0 Å². The van der Waals surface area contributed by atoms with Crippen LogP contribution in [-0.4, -0.2) is 29.2 Å². The average Bonchev–Trinajstić information content (AvgIpc) is 2.86. The minimum Gasteiger partial charge on any atom is -0.387 e. The molecule has 0 aliphatic rings. The van der Waals surface area contributed by atoms with Crippen LogP contribution in [0.15, 0.2) is 29.9 Å². The Bertz CT molecular complexity index is 654. The first-order valence-electron chi connectivity index (χ1n) is 5.99. The minimum atomic E-state index is -3.45. The Hall–Kier alpha value is -1.51. The SMILES string of the molecule is CC(O)c1csc(NS(=O)(=O)CCc2ccncc2)n1. The number of aliphatic hydroxyl groups is 1. The average molecular weight is 313 g/mol. The van der Waals surface area contributed by atoms with Crippen molar-refractivity contribution in [2.45, 2.75) is 19.4 Å². The van der Waals surface area contributed by atoms with Crippen molar-refractivity contribution in [2.24, 2.45) is 0 Å². The zero-order valence-electron chi connectivity index (χ0n) is 10.9. The number of anilines is 1. The van der Waals surface area contributed by atoms with Gasteiger partial charge in [-0.25, -0.2) is 13.4 Å². The van der Waals surface area contributed by atoms with Gasteiger partial charge in [0.1, 0.15) is 0 Å². The van der Waals surface area contributed by atoms with Crippen LogP contribution in [0.2, 0.25) is 0 Å². The number of hydrogen-bond donors (Lipinski definition) is 2. The lowest BCUT2D eigenvalue weighted by Gasteiger charge is -2.05. The Morgan fingerprint density at radius 3 is 2.70 bits per heavy atom. The summed E-state index contributed by atoms with van der Waals surface area (Å²) in [7, 11) is -3.45. The largest absolute Gasteiger partial charge is 0.387 e. The van der Waals surface area contributed by atoms with Gasteiger partial charge in [0.25, 0.3) is 0 Å². The molecule has 2 heterocycles. The maximum atomic E-state index is 11.9. The summed E-state index contributed by atoms with van der Waals surface area (Å²) in [5.74, 6) is -0.0272. The van der Waals surface area contributed by atoms with Crippen molar-refractivity contribution in [3.8, 4) is 0 Å². The van der Waals surface area contributed by atoms with Gasteiger partial charge in [0.05, 0.1) is 17.6 Å². The summed E-state index contributed by atoms with van der Waals surface area (Å²) in [4.78, 5) is 7.90. The fourth-order valence-electron chi connectivity index (χ4n) is 1.51. The molecule has 1 atom stereocenters. The van der Waals surface area contributed by atoms with Crippen molar-refractivity contribution in [3.63, 3.8) is 0 Å². The third kappa shape index (κ3) is 4.26. The normalized spacial score (nSPS) is 13.1. The van der Waals surface area contributed by atoms with Gasteiger partial charge in [0, 0.05) is 17.8 Å². The molecule has 2 N–H and O–H groups in total. The van der Waals surface area contributed by atoms with E-state index < -0.39 is 16.1 Å². The molecule has 108 valence electrons. The van der Waals surface area contributed by atoms with Gasteiger partial charge < -0.3 is 5.11 Å². The van der Waals surface area contributed by atoms with Gasteiger partial charge in [0.2, 0.25) is 10.0 Å². The lowest BCUT2D eigenvalue weighted by Crippen LogP contribution is -2.18. The second-order valence-electron chi connectivity index (χ2n) is 4.28. The fourth-order valence-corrected chi connectivity index (χ4v) is 3.64. The molecular weight excluding hydrogens is 298 g/mol. The van der Waals surface area contributed by atoms with Gasteiger partial charge in [-0.2, -0.15) is 0 Å². The highest BCUT2D eigenvalue weighted by molar-refractivity contribution is 7.92. The number of thiazole rings is 1. The van der Waals surface area contributed by atoms with Gasteiger partial charge in [-0.1, -0.05) is 0 Å². The van der Waals surface area contributed by atoms with E-state index in [9.17, 15) is 13.5 Å². The van der Waals surface area contributed by atoms with E-state index in [0.29, 0.717) is 12.1 Å². The molecule has 0 saturated carbocycles. The van der Waals surface area contributed by atoms with E-state index in [1.54, 1.807) is 36.8 Å². The van der Waals surface area contributed by atoms with Crippen LogP contribution in [0.1, 0.15) is 24.3 Å². The summed E-state index contributed by atoms with van der Waals surface area (Å²) in [6.45, 7) is 1.58. The highest BCUT2D eigenvalue weighted by atomic mass is 32.2. The molecule has 0 amide bonds. The van der Waals surface area contributed by atoms with Gasteiger partial charge in [0.15, 0.2) is 5.13 Å². The van der Waals surface area contributed by atoms with Crippen LogP contribution in [0.4, 0.5) is 5.13 Å². The highest BCUT2D eigenvalue weighted by Gasteiger charge is 2.14. The molecule has 0 radical (unpaired) electrons. The Morgan fingerprint density at radius 2 is 2.10 bits per heavy atom. The van der Waals surface area contributed by atoms with Crippen LogP contribution in [0.3, 0.4) is 0 Å². The third-order valence-electron chi connectivity index (χ3n) is 2.60. The number of sulfonamides is 1. The van der Waals surface area contributed by atoms with E-state index in [4.69, 9.17) is 0 Å². The molecule has 2 aromatic rings. The Kier molecular flexibility index (Phi) is 4.69. The summed E-state index contributed by atoms with van der Waals surface area (Å²) < 4.78 is 26.3. The topological polar surface area (TPSA) is 92.2 Å². The van der Waals surface area contributed by atoms with Crippen molar-refractivity contribution in [2.75, 3.05) is 10.5 Å². The van der Waals surface area contributed by atoms with Crippen molar-refractivity contribution in [1.29, 1.82) is 0 Å². The molecule has 1 unspecified atom stereocenters. The van der Waals surface area contributed by atoms with Crippen LogP contribution in [0, 0.1) is 0 Å². The number of pyridine rings is 1. The maximum Gasteiger partial charge on any atom is 0.234 e. The maximum absolute atomic E-state index is 11.9. The summed E-state index contributed by atoms with van der Waals surface area (Å²) in [6, 6.07) is 3.56. The number of aromatic nitrogens is 2. The molecule has 8 heteroatoms. The smallest absolute Gasteiger partial charge is 0.234 e. The molecule has 2 rings (SSSR count). The number of nitrogens with zero attached hydrogens (tertiary/aromatic N) is 2. The van der Waals surface area contributed by atoms with Gasteiger partial charge >= 0.3 is 0 Å². The van der Waals surface area contributed by atoms with Crippen LogP contribution in [-0.2, 0) is 16.4 Å². The Labute approximate surface area is 121 Å². The van der Waals surface area contributed by atoms with Crippen molar-refractivity contribution in [3.05, 3.63) is 41.2 Å². The number of nitrogens with one attached hydrogen (secondary N) is 1. The summed E-state index contributed by atoms with van der Waals surface area (Å²) >= 11 is 1.16. The lowest BCUT2D eigenvalue weighted by atomic mass is 10.2. The Balaban J connectivity index is 1.96. The third-order valence-corrected chi connectivity index (χ3v) is 4.75. The number of rotatable bonds is 6. The zero-order valence-corrected chi connectivity index (χ0v) is 12.5. The molecule has 2 aromatic heterocycles. The molecule has 20 heavy (non-hydrogen) atoms. The zero-order chi connectivity index (χ0) is 14.6. The van der Waals surface area contributed by atoms with Crippen LogP contribution in [0.5, 0.6) is 0 Å². The van der Waals surface area contributed by atoms with E-state index in [2.05, 4.69) is 14.7 Å². The molecular formula is C12H15N3O3S2. The molecule has 0 aliphatic heterocycles. The van der Waals surface area contributed by atoms with Gasteiger partial charge in [-0.05, 0) is 31.0 Å². The molecule has 6 nitrogen and oxygen atoms in total. The number of aryl methyl sites for hydroxylation is 1. The van der Waals surface area contributed by atoms with Crippen molar-refractivity contribution < 1.29 is 13.5 Å². The minimum absolute atomic E-state index is 0.0272. The molecule has 0 bridgehead atoms. The lowest BCUT2D eigenvalue weighted by molar-refractivity contribution is 0.195. The molecule has 0 aliphatic carbocycles. The number of aliphatic hydroxyl groups excluding tert-OH is 1. The van der Waals surface area contributed by atoms with Crippen LogP contribution >= 0.6 is 11.3 Å². The standard InChI is InChI=1S/C12H15N3O3S2/c1-9(16)11-8-19-12(14-11)15-20(17,18)7-4-10-2-5-13-6-3-10/h2-3,5-6,8-9,16H,4,7H2,1H3,(H,14,15). The van der Waals surface area contributed by atoms with Crippen LogP contribution < -0.4 is 4.72 Å². The van der Waals surface area contributed by atoms with E-state index in [1.165, 1.54) is 0 Å². The first-order chi connectivity index (χ1) is 9.46. The monoisotopic (exact) mass is 313 g/mol. The quantitative estimate of drug-likeness (QED) is 0.844. The molecule has 0 saturated heterocycles. The number of hydrogen-bond acceptors (Lipinski definition) is 6. The summed E-state index contributed by atoms with van der Waals surface area (Å²) in [5, 5.41) is 11.3. The predicted octanol–water partition coefficient (Wildman–Crippen LogP) is 1.58. The van der Waals surface area contributed by atoms with Crippen LogP contribution in [0.25, 0.3) is 0 Å². The van der Waals surface area contributed by atoms with Gasteiger partial charge in [-0.15, -0.1) is 11.3 Å². The summed E-state index contributed by atoms with van der Waals surface area (Å²) in [5.41, 5.74) is 1.37. The first kappa shape index (κ1) is 14.9. The fraction of sp³-hybridized carbons (Fsp3) is 0.333. The Morgan fingerprint density at radius 1 is 1.40 bits per heavy atom. The highest BCUT2D eigenvalue weighted by Crippen LogP contribution is 2.21.